The molecule has 0 bridgehead atoms. The van der Waals surface area contributed by atoms with Crippen molar-refractivity contribution in [2.45, 2.75) is 24.8 Å². The van der Waals surface area contributed by atoms with Gasteiger partial charge in [0.05, 0.1) is 10.6 Å². The number of carbonyl (C=O) groups is 1. The van der Waals surface area contributed by atoms with Crippen LogP contribution < -0.4 is 5.32 Å². The monoisotopic (exact) mass is 364 g/mol. The van der Waals surface area contributed by atoms with Gasteiger partial charge in [-0.15, -0.1) is 12.4 Å². The summed E-state index contributed by atoms with van der Waals surface area (Å²) in [6.45, 7) is 5.57. The molecule has 0 aromatic heterocycles. The van der Waals surface area contributed by atoms with E-state index in [1.807, 2.05) is 6.92 Å². The minimum atomic E-state index is -3.61. The molecule has 1 amide bonds. The van der Waals surface area contributed by atoms with Gasteiger partial charge in [-0.05, 0) is 31.2 Å². The lowest BCUT2D eigenvalue weighted by Crippen LogP contribution is -2.54. The van der Waals surface area contributed by atoms with E-state index in [0.29, 0.717) is 19.6 Å². The Labute approximate surface area is 142 Å². The quantitative estimate of drug-likeness (QED) is 0.822. The Kier molecular flexibility index (Phi) is 6.98. The van der Waals surface area contributed by atoms with E-state index >= 15 is 0 Å². The number of nitrogens with zero attached hydrogens (tertiary/aromatic N) is 1. The maximum Gasteiger partial charge on any atom is 0.226 e. The average Bonchev–Trinajstić information content (AvgIpc) is 2.47. The number of halogens is 2. The van der Waals surface area contributed by atoms with Crippen LogP contribution in [0.3, 0.4) is 0 Å². The van der Waals surface area contributed by atoms with E-state index in [-0.39, 0.29) is 35.0 Å². The number of hydrogen-bond donors (Lipinski definition) is 1. The van der Waals surface area contributed by atoms with Gasteiger partial charge in [0, 0.05) is 31.6 Å². The molecule has 1 fully saturated rings. The fraction of sp³-hybridized carbons (Fsp3) is 0.533. The fourth-order valence-electron chi connectivity index (χ4n) is 2.59. The van der Waals surface area contributed by atoms with Gasteiger partial charge in [0.2, 0.25) is 5.91 Å². The summed E-state index contributed by atoms with van der Waals surface area (Å²) in [7, 11) is -3.61. The number of piperazine rings is 1. The topological polar surface area (TPSA) is 66.5 Å². The summed E-state index contributed by atoms with van der Waals surface area (Å²) in [6.07, 6.45) is 0. The van der Waals surface area contributed by atoms with E-state index in [1.54, 1.807) is 11.8 Å². The third kappa shape index (κ3) is 4.89. The Hall–Kier alpha value is -1.18. The van der Waals surface area contributed by atoms with Crippen molar-refractivity contribution >= 4 is 28.2 Å². The van der Waals surface area contributed by atoms with E-state index in [9.17, 15) is 17.6 Å². The molecule has 1 aromatic carbocycles. The summed E-state index contributed by atoms with van der Waals surface area (Å²) < 4.78 is 37.5. The van der Waals surface area contributed by atoms with Gasteiger partial charge >= 0.3 is 0 Å². The highest BCUT2D eigenvalue weighted by Gasteiger charge is 2.30. The summed E-state index contributed by atoms with van der Waals surface area (Å²) >= 11 is 0. The molecule has 1 aromatic rings. The van der Waals surface area contributed by atoms with Crippen LogP contribution in [-0.4, -0.2) is 50.7 Å². The van der Waals surface area contributed by atoms with Gasteiger partial charge in [-0.25, -0.2) is 12.8 Å². The van der Waals surface area contributed by atoms with Gasteiger partial charge in [-0.1, -0.05) is 6.92 Å². The molecular weight excluding hydrogens is 343 g/mol. The summed E-state index contributed by atoms with van der Waals surface area (Å²) in [5.74, 6) is -1.54. The van der Waals surface area contributed by atoms with E-state index in [2.05, 4.69) is 5.32 Å². The van der Waals surface area contributed by atoms with Crippen molar-refractivity contribution in [2.75, 3.05) is 25.4 Å². The number of carbonyl (C=O) groups excluding carboxylic acids is 1. The molecular formula is C15H22ClFN2O3S. The summed E-state index contributed by atoms with van der Waals surface area (Å²) in [6, 6.07) is 4.73. The molecule has 8 heteroatoms. The first-order valence-electron chi connectivity index (χ1n) is 7.31. The van der Waals surface area contributed by atoms with Gasteiger partial charge < -0.3 is 10.2 Å². The zero-order chi connectivity index (χ0) is 16.3. The van der Waals surface area contributed by atoms with Crippen LogP contribution in [0.1, 0.15) is 13.8 Å². The Balaban J connectivity index is 0.00000264. The second-order valence-electron chi connectivity index (χ2n) is 5.72. The van der Waals surface area contributed by atoms with Gasteiger partial charge in [-0.2, -0.15) is 0 Å². The first-order chi connectivity index (χ1) is 10.3. The van der Waals surface area contributed by atoms with Crippen molar-refractivity contribution in [3.63, 3.8) is 0 Å². The molecule has 1 unspecified atom stereocenters. The maximum atomic E-state index is 12.9. The molecule has 23 heavy (non-hydrogen) atoms. The highest BCUT2D eigenvalue weighted by atomic mass is 35.5. The van der Waals surface area contributed by atoms with Crippen LogP contribution in [0.25, 0.3) is 0 Å². The van der Waals surface area contributed by atoms with Gasteiger partial charge in [-0.3, -0.25) is 4.79 Å². The Bertz CT molecular complexity index is 637. The van der Waals surface area contributed by atoms with Crippen LogP contribution in [0.4, 0.5) is 4.39 Å². The maximum absolute atomic E-state index is 12.9. The Morgan fingerprint density at radius 2 is 2.00 bits per heavy atom. The standard InChI is InChI=1S/C15H21FN2O3S.ClH/c1-11(15(19)18-8-7-17-9-12(18)2)10-22(20,21)14-5-3-13(16)4-6-14;/h3-6,11-12,17H,7-10H2,1-2H3;1H/t11?,12-;/m0./s1. The number of amides is 1. The highest BCUT2D eigenvalue weighted by Crippen LogP contribution is 2.17. The molecule has 5 nitrogen and oxygen atoms in total. The normalized spacial score (nSPS) is 19.8. The largest absolute Gasteiger partial charge is 0.337 e. The van der Waals surface area contributed by atoms with Crippen LogP contribution in [0.2, 0.25) is 0 Å². The summed E-state index contributed by atoms with van der Waals surface area (Å²) in [5, 5.41) is 3.19. The summed E-state index contributed by atoms with van der Waals surface area (Å²) in [5.41, 5.74) is 0. The molecule has 1 aliphatic heterocycles. The first kappa shape index (κ1) is 19.9. The molecule has 130 valence electrons. The molecule has 1 heterocycles. The predicted molar refractivity (Wildman–Crippen MR) is 88.9 cm³/mol. The van der Waals surface area contributed by atoms with Crippen LogP contribution in [-0.2, 0) is 14.6 Å². The number of rotatable bonds is 4. The average molecular weight is 365 g/mol. The van der Waals surface area contributed by atoms with E-state index < -0.39 is 21.6 Å². The SMILES string of the molecule is CC(CS(=O)(=O)c1ccc(F)cc1)C(=O)N1CCNC[C@@H]1C.Cl. The van der Waals surface area contributed by atoms with Crippen LogP contribution >= 0.6 is 12.4 Å². The fourth-order valence-corrected chi connectivity index (χ4v) is 4.13. The summed E-state index contributed by atoms with van der Waals surface area (Å²) in [4.78, 5) is 14.2. The predicted octanol–water partition coefficient (Wildman–Crippen LogP) is 1.48. The number of hydrogen-bond acceptors (Lipinski definition) is 4. The number of nitrogens with one attached hydrogen (secondary N) is 1. The van der Waals surface area contributed by atoms with Gasteiger partial charge in [0.15, 0.2) is 9.84 Å². The van der Waals surface area contributed by atoms with E-state index in [4.69, 9.17) is 0 Å². The number of sulfone groups is 1. The van der Waals surface area contributed by atoms with Gasteiger partial charge in [0.1, 0.15) is 5.82 Å². The highest BCUT2D eigenvalue weighted by molar-refractivity contribution is 7.91. The third-order valence-electron chi connectivity index (χ3n) is 3.85. The lowest BCUT2D eigenvalue weighted by molar-refractivity contribution is -0.137. The van der Waals surface area contributed by atoms with Crippen molar-refractivity contribution in [3.05, 3.63) is 30.1 Å². The van der Waals surface area contributed by atoms with E-state index in [1.165, 1.54) is 12.1 Å². The first-order valence-corrected chi connectivity index (χ1v) is 8.96. The van der Waals surface area contributed by atoms with Crippen molar-refractivity contribution in [1.29, 1.82) is 0 Å². The van der Waals surface area contributed by atoms with Crippen LogP contribution in [0.15, 0.2) is 29.2 Å². The Morgan fingerprint density at radius 1 is 1.39 bits per heavy atom. The third-order valence-corrected chi connectivity index (χ3v) is 5.78. The minimum Gasteiger partial charge on any atom is -0.337 e. The second kappa shape index (κ2) is 8.08. The van der Waals surface area contributed by atoms with Crippen molar-refractivity contribution in [1.82, 2.24) is 10.2 Å². The van der Waals surface area contributed by atoms with Crippen LogP contribution in [0, 0.1) is 11.7 Å². The Morgan fingerprint density at radius 3 is 2.57 bits per heavy atom. The van der Waals surface area contributed by atoms with Crippen molar-refractivity contribution in [2.24, 2.45) is 5.92 Å². The molecule has 0 saturated carbocycles. The molecule has 0 aliphatic carbocycles. The van der Waals surface area contributed by atoms with Crippen molar-refractivity contribution in [3.8, 4) is 0 Å². The zero-order valence-corrected chi connectivity index (χ0v) is 14.8. The molecule has 0 spiro atoms. The number of benzene rings is 1. The zero-order valence-electron chi connectivity index (χ0n) is 13.2. The molecule has 1 saturated heterocycles. The van der Waals surface area contributed by atoms with E-state index in [0.717, 1.165) is 12.1 Å². The second-order valence-corrected chi connectivity index (χ2v) is 7.76. The molecule has 0 radical (unpaired) electrons. The molecule has 2 rings (SSSR count). The molecule has 1 N–H and O–H groups in total. The molecule has 1 aliphatic rings. The lowest BCUT2D eigenvalue weighted by Gasteiger charge is -2.35. The molecule has 2 atom stereocenters. The minimum absolute atomic E-state index is 0. The van der Waals surface area contributed by atoms with Crippen LogP contribution in [0.5, 0.6) is 0 Å². The smallest absolute Gasteiger partial charge is 0.226 e. The van der Waals surface area contributed by atoms with Gasteiger partial charge in [0.25, 0.3) is 0 Å². The lowest BCUT2D eigenvalue weighted by atomic mass is 10.1. The van der Waals surface area contributed by atoms with Crippen molar-refractivity contribution < 1.29 is 17.6 Å².